The van der Waals surface area contributed by atoms with E-state index in [4.69, 9.17) is 9.26 Å². The molecule has 1 aromatic carbocycles. The van der Waals surface area contributed by atoms with Crippen LogP contribution in [0.1, 0.15) is 36.3 Å². The Morgan fingerprint density at radius 2 is 2.08 bits per heavy atom. The first-order valence-corrected chi connectivity index (χ1v) is 9.42. The number of nitrogens with zero attached hydrogens (tertiary/aromatic N) is 2. The van der Waals surface area contributed by atoms with Gasteiger partial charge in [0.05, 0.1) is 11.8 Å². The van der Waals surface area contributed by atoms with Crippen LogP contribution in [0.15, 0.2) is 40.9 Å². The van der Waals surface area contributed by atoms with E-state index >= 15 is 0 Å². The second kappa shape index (κ2) is 8.99. The van der Waals surface area contributed by atoms with Gasteiger partial charge >= 0.3 is 0 Å². The van der Waals surface area contributed by atoms with Crippen LogP contribution >= 0.6 is 0 Å². The number of hydrogen-bond donors (Lipinski definition) is 0. The van der Waals surface area contributed by atoms with Gasteiger partial charge in [-0.1, -0.05) is 35.5 Å². The van der Waals surface area contributed by atoms with E-state index in [-0.39, 0.29) is 17.9 Å². The summed E-state index contributed by atoms with van der Waals surface area (Å²) in [5.74, 6) is 1.36. The molecule has 5 nitrogen and oxygen atoms in total. The van der Waals surface area contributed by atoms with Gasteiger partial charge in [-0.25, -0.2) is 0 Å². The van der Waals surface area contributed by atoms with E-state index in [0.717, 1.165) is 43.7 Å². The maximum Gasteiger partial charge on any atom is 0.222 e. The Morgan fingerprint density at radius 3 is 2.77 bits per heavy atom. The van der Waals surface area contributed by atoms with Crippen molar-refractivity contribution in [3.8, 4) is 0 Å². The van der Waals surface area contributed by atoms with Crippen molar-refractivity contribution in [2.75, 3.05) is 20.2 Å². The summed E-state index contributed by atoms with van der Waals surface area (Å²) in [5.41, 5.74) is 2.22. The highest BCUT2D eigenvalue weighted by Gasteiger charge is 2.35. The van der Waals surface area contributed by atoms with Crippen LogP contribution in [0, 0.1) is 12.8 Å². The lowest BCUT2D eigenvalue weighted by atomic mass is 10.0. The van der Waals surface area contributed by atoms with E-state index in [1.165, 1.54) is 5.56 Å². The summed E-state index contributed by atoms with van der Waals surface area (Å²) in [4.78, 5) is 14.5. The van der Waals surface area contributed by atoms with E-state index in [2.05, 4.69) is 29.4 Å². The van der Waals surface area contributed by atoms with Gasteiger partial charge in [0, 0.05) is 45.0 Å². The van der Waals surface area contributed by atoms with E-state index in [0.29, 0.717) is 13.0 Å². The lowest BCUT2D eigenvalue weighted by molar-refractivity contribution is -0.130. The van der Waals surface area contributed by atoms with E-state index < -0.39 is 0 Å². The van der Waals surface area contributed by atoms with Gasteiger partial charge in [0.25, 0.3) is 0 Å². The number of carbonyl (C=O) groups excluding carboxylic acids is 1. The molecule has 2 heterocycles. The average Bonchev–Trinajstić information content (AvgIpc) is 3.25. The van der Waals surface area contributed by atoms with Crippen LogP contribution in [-0.4, -0.2) is 42.3 Å². The normalized spacial score (nSPS) is 19.8. The number of unbranched alkanes of at least 4 members (excludes halogenated alkanes) is 1. The quantitative estimate of drug-likeness (QED) is 0.680. The van der Waals surface area contributed by atoms with Crippen LogP contribution < -0.4 is 0 Å². The molecule has 1 aromatic heterocycles. The lowest BCUT2D eigenvalue weighted by Crippen LogP contribution is -2.29. The molecule has 1 fully saturated rings. The Balaban J connectivity index is 1.44. The maximum atomic E-state index is 12.6. The number of benzene rings is 1. The van der Waals surface area contributed by atoms with Crippen LogP contribution in [0.2, 0.25) is 0 Å². The second-order valence-corrected chi connectivity index (χ2v) is 7.16. The monoisotopic (exact) mass is 356 g/mol. The number of hydrogen-bond acceptors (Lipinski definition) is 4. The van der Waals surface area contributed by atoms with Crippen LogP contribution in [0.25, 0.3) is 0 Å². The van der Waals surface area contributed by atoms with Crippen molar-refractivity contribution >= 4 is 5.91 Å². The Bertz CT molecular complexity index is 698. The van der Waals surface area contributed by atoms with Gasteiger partial charge in [-0.3, -0.25) is 4.79 Å². The third-order valence-corrected chi connectivity index (χ3v) is 5.13. The van der Waals surface area contributed by atoms with Crippen molar-refractivity contribution in [3.05, 3.63) is 53.4 Å². The molecule has 2 aromatic rings. The first kappa shape index (κ1) is 18.6. The zero-order chi connectivity index (χ0) is 18.4. The second-order valence-electron chi connectivity index (χ2n) is 7.16. The predicted molar refractivity (Wildman–Crippen MR) is 99.8 cm³/mol. The molecular weight excluding hydrogens is 328 g/mol. The van der Waals surface area contributed by atoms with E-state index in [1.54, 1.807) is 7.11 Å². The van der Waals surface area contributed by atoms with Gasteiger partial charge in [0.1, 0.15) is 5.76 Å². The first-order chi connectivity index (χ1) is 12.7. The van der Waals surface area contributed by atoms with Crippen LogP contribution in [-0.2, 0) is 22.4 Å². The molecule has 5 heteroatoms. The largest absolute Gasteiger partial charge is 0.379 e. The number of aromatic nitrogens is 1. The maximum absolute atomic E-state index is 12.6. The van der Waals surface area contributed by atoms with E-state index in [1.807, 2.05) is 24.0 Å². The third kappa shape index (κ3) is 4.94. The number of likely N-dealkylation sites (tertiary alicyclic amines) is 1. The van der Waals surface area contributed by atoms with Crippen molar-refractivity contribution in [1.29, 1.82) is 0 Å². The Morgan fingerprint density at radius 1 is 1.27 bits per heavy atom. The molecule has 1 saturated heterocycles. The molecule has 1 aliphatic rings. The molecule has 0 unspecified atom stereocenters. The molecule has 0 spiro atoms. The average molecular weight is 356 g/mol. The molecule has 1 aliphatic heterocycles. The van der Waals surface area contributed by atoms with Gasteiger partial charge in [-0.15, -0.1) is 0 Å². The van der Waals surface area contributed by atoms with Gasteiger partial charge in [-0.05, 0) is 31.7 Å². The van der Waals surface area contributed by atoms with Crippen molar-refractivity contribution in [3.63, 3.8) is 0 Å². The van der Waals surface area contributed by atoms with E-state index in [9.17, 15) is 4.79 Å². The summed E-state index contributed by atoms with van der Waals surface area (Å²) < 4.78 is 10.9. The zero-order valence-corrected chi connectivity index (χ0v) is 15.7. The summed E-state index contributed by atoms with van der Waals surface area (Å²) in [6, 6.07) is 12.4. The molecule has 0 radical (unpaired) electrons. The predicted octanol–water partition coefficient (Wildman–Crippen LogP) is 3.41. The standard InChI is InChI=1S/C21H28N2O3/c1-16-12-19(26-22-16)13-18-14-23(15-20(18)25-2)21(24)11-7-6-10-17-8-4-3-5-9-17/h3-5,8-9,12,18,20H,6-7,10-11,13-15H2,1-2H3/t18-,20+/m1/s1. The highest BCUT2D eigenvalue weighted by Crippen LogP contribution is 2.25. The summed E-state index contributed by atoms with van der Waals surface area (Å²) in [6.07, 6.45) is 4.43. The molecule has 1 amide bonds. The fourth-order valence-corrected chi connectivity index (χ4v) is 3.69. The first-order valence-electron chi connectivity index (χ1n) is 9.42. The zero-order valence-electron chi connectivity index (χ0n) is 15.7. The summed E-state index contributed by atoms with van der Waals surface area (Å²) >= 11 is 0. The number of ether oxygens (including phenoxy) is 1. The molecule has 2 atom stereocenters. The van der Waals surface area contributed by atoms with Gasteiger partial charge in [-0.2, -0.15) is 0 Å². The molecule has 140 valence electrons. The van der Waals surface area contributed by atoms with Crippen LogP contribution in [0.3, 0.4) is 0 Å². The Kier molecular flexibility index (Phi) is 6.45. The molecule has 26 heavy (non-hydrogen) atoms. The van der Waals surface area contributed by atoms with Gasteiger partial charge in [0.2, 0.25) is 5.91 Å². The van der Waals surface area contributed by atoms with Crippen molar-refractivity contribution in [2.45, 2.75) is 45.1 Å². The summed E-state index contributed by atoms with van der Waals surface area (Å²) in [7, 11) is 1.72. The molecular formula is C21H28N2O3. The SMILES string of the molecule is CO[C@H]1CN(C(=O)CCCCc2ccccc2)C[C@H]1Cc1cc(C)no1. The van der Waals surface area contributed by atoms with Crippen molar-refractivity contribution in [1.82, 2.24) is 10.1 Å². The third-order valence-electron chi connectivity index (χ3n) is 5.13. The minimum Gasteiger partial charge on any atom is -0.379 e. The Hall–Kier alpha value is -2.14. The smallest absolute Gasteiger partial charge is 0.222 e. The summed E-state index contributed by atoms with van der Waals surface area (Å²) in [5, 5.41) is 3.94. The van der Waals surface area contributed by atoms with Crippen molar-refractivity contribution in [2.24, 2.45) is 5.92 Å². The number of amides is 1. The molecule has 0 bridgehead atoms. The summed E-state index contributed by atoms with van der Waals surface area (Å²) in [6.45, 7) is 3.32. The fourth-order valence-electron chi connectivity index (χ4n) is 3.69. The molecule has 0 aliphatic carbocycles. The molecule has 0 saturated carbocycles. The number of methoxy groups -OCH3 is 1. The fraction of sp³-hybridized carbons (Fsp3) is 0.524. The Labute approximate surface area is 155 Å². The number of rotatable bonds is 8. The van der Waals surface area contributed by atoms with Gasteiger partial charge < -0.3 is 14.2 Å². The van der Waals surface area contributed by atoms with Crippen LogP contribution in [0.4, 0.5) is 0 Å². The molecule has 0 N–H and O–H groups in total. The minimum atomic E-state index is 0.0636. The lowest BCUT2D eigenvalue weighted by Gasteiger charge is -2.16. The van der Waals surface area contributed by atoms with Crippen molar-refractivity contribution < 1.29 is 14.1 Å². The number of aryl methyl sites for hydroxylation is 2. The van der Waals surface area contributed by atoms with Crippen LogP contribution in [0.5, 0.6) is 0 Å². The van der Waals surface area contributed by atoms with Gasteiger partial charge in [0.15, 0.2) is 0 Å². The topological polar surface area (TPSA) is 55.6 Å². The highest BCUT2D eigenvalue weighted by molar-refractivity contribution is 5.76. The highest BCUT2D eigenvalue weighted by atomic mass is 16.5. The number of carbonyl (C=O) groups is 1. The minimum absolute atomic E-state index is 0.0636. The molecule has 3 rings (SSSR count).